The highest BCUT2D eigenvalue weighted by Crippen LogP contribution is 2.39. The third-order valence-electron chi connectivity index (χ3n) is 11.2. The molecule has 2 aromatic rings. The van der Waals surface area contributed by atoms with E-state index in [1.165, 1.54) is 117 Å². The van der Waals surface area contributed by atoms with Crippen LogP contribution in [0.15, 0.2) is 36.5 Å². The van der Waals surface area contributed by atoms with Crippen molar-refractivity contribution >= 4 is 12.3 Å². The number of carbonyl (C=O) groups excluding carboxylic acids is 2. The molecule has 0 aliphatic heterocycles. The number of hydrogen-bond acceptors (Lipinski definition) is 10. The van der Waals surface area contributed by atoms with Crippen LogP contribution in [0.4, 0.5) is 0 Å². The summed E-state index contributed by atoms with van der Waals surface area (Å²) in [6, 6.07) is 8.69. The van der Waals surface area contributed by atoms with Gasteiger partial charge in [-0.3, -0.25) is 9.88 Å². The van der Waals surface area contributed by atoms with Gasteiger partial charge in [-0.2, -0.15) is 0 Å². The van der Waals surface area contributed by atoms with E-state index in [9.17, 15) is 19.8 Å². The molecule has 0 fully saturated rings. The van der Waals surface area contributed by atoms with E-state index in [-0.39, 0.29) is 30.3 Å². The molecule has 0 saturated carbocycles. The molecule has 0 radical (unpaired) electrons. The molecule has 3 atom stereocenters. The van der Waals surface area contributed by atoms with Crippen molar-refractivity contribution in [3.63, 3.8) is 0 Å². The molecule has 10 heteroatoms. The van der Waals surface area contributed by atoms with Crippen molar-refractivity contribution < 1.29 is 38.7 Å². The highest BCUT2D eigenvalue weighted by Gasteiger charge is 2.22. The quantitative estimate of drug-likeness (QED) is 0.0382. The van der Waals surface area contributed by atoms with Crippen LogP contribution in [0.1, 0.15) is 178 Å². The number of nitrogens with zero attached hydrogens (tertiary/aromatic N) is 2. The van der Waals surface area contributed by atoms with Gasteiger partial charge in [-0.25, -0.2) is 4.79 Å². The summed E-state index contributed by atoms with van der Waals surface area (Å²) in [7, 11) is 2.96. The zero-order chi connectivity index (χ0) is 42.8. The van der Waals surface area contributed by atoms with Gasteiger partial charge in [-0.05, 0) is 50.1 Å². The van der Waals surface area contributed by atoms with Gasteiger partial charge in [0, 0.05) is 37.3 Å². The number of aldehydes is 1. The number of unbranched alkanes of at least 4 members (excludes halogenated alkanes) is 18. The Bertz CT molecular complexity index is 1270. The normalized spacial score (nSPS) is 12.9. The second-order valence-corrected chi connectivity index (χ2v) is 16.4. The van der Waals surface area contributed by atoms with Crippen molar-refractivity contribution in [3.8, 4) is 17.2 Å². The number of carbonyl (C=O) groups is 2. The smallest absolute Gasteiger partial charge is 0.338 e. The molecule has 2 rings (SSSR count). The van der Waals surface area contributed by atoms with Gasteiger partial charge >= 0.3 is 5.97 Å². The number of ether oxygens (including phenoxy) is 4. The first-order valence-corrected chi connectivity index (χ1v) is 23.3. The number of esters is 1. The highest BCUT2D eigenvalue weighted by atomic mass is 16.5. The van der Waals surface area contributed by atoms with E-state index in [1.807, 2.05) is 18.2 Å². The van der Waals surface area contributed by atoms with Gasteiger partial charge < -0.3 is 34.0 Å². The van der Waals surface area contributed by atoms with Crippen LogP contribution >= 0.6 is 0 Å². The van der Waals surface area contributed by atoms with E-state index in [4.69, 9.17) is 18.9 Å². The number of aliphatic hydroxyl groups is 2. The highest BCUT2D eigenvalue weighted by molar-refractivity contribution is 5.91. The van der Waals surface area contributed by atoms with Crippen molar-refractivity contribution in [1.29, 1.82) is 0 Å². The predicted octanol–water partition coefficient (Wildman–Crippen LogP) is 10.7. The van der Waals surface area contributed by atoms with E-state index in [1.54, 1.807) is 18.3 Å². The molecule has 3 unspecified atom stereocenters. The largest absolute Gasteiger partial charge is 0.493 e. The van der Waals surface area contributed by atoms with Crippen molar-refractivity contribution in [2.24, 2.45) is 5.92 Å². The number of benzene rings is 1. The summed E-state index contributed by atoms with van der Waals surface area (Å²) in [5, 5.41) is 22.2. The Morgan fingerprint density at radius 1 is 0.712 bits per heavy atom. The fourth-order valence-electron chi connectivity index (χ4n) is 7.52. The lowest BCUT2D eigenvalue weighted by Crippen LogP contribution is -2.39. The van der Waals surface area contributed by atoms with Crippen LogP contribution in [-0.2, 0) is 16.0 Å². The minimum absolute atomic E-state index is 0.0697. The maximum atomic E-state index is 12.9. The SMILES string of the molecule is CCCCCCCCCCCCC(O)CN(CCC(C=O)COc1c(OC)cc(C(=O)OCCc2ccccn2)cc1OC)CC(O)CCCCCCCCCCCC. The van der Waals surface area contributed by atoms with E-state index in [0.717, 1.165) is 50.5 Å². The number of aliphatic hydroxyl groups excluding tert-OH is 2. The average molecular weight is 827 g/mol. The molecule has 0 aliphatic rings. The summed E-state index contributed by atoms with van der Waals surface area (Å²) in [6.45, 7) is 6.19. The standard InChI is InChI=1S/C49H82N2O8/c1-5-7-9-11-13-15-17-19-21-23-28-44(53)37-51(38-45(54)29-24-22-20-18-16-14-12-10-8-6-2)33-30-41(39-52)40-59-48-46(56-3)35-42(36-47(48)57-4)49(55)58-34-31-43-27-25-26-32-50-43/h25-27,32,35-36,39,41,44-45,53-54H,5-24,28-31,33-34,37-38,40H2,1-4H3. The summed E-state index contributed by atoms with van der Waals surface area (Å²) in [6.07, 6.45) is 29.1. The summed E-state index contributed by atoms with van der Waals surface area (Å²) in [4.78, 5) is 31.6. The fraction of sp³-hybridized carbons (Fsp3) is 0.735. The van der Waals surface area contributed by atoms with Gasteiger partial charge in [0.15, 0.2) is 11.5 Å². The van der Waals surface area contributed by atoms with Crippen LogP contribution in [0, 0.1) is 5.92 Å². The lowest BCUT2D eigenvalue weighted by Gasteiger charge is -2.28. The van der Waals surface area contributed by atoms with Gasteiger partial charge in [-0.1, -0.05) is 148 Å². The van der Waals surface area contributed by atoms with Crippen LogP contribution < -0.4 is 14.2 Å². The van der Waals surface area contributed by atoms with Gasteiger partial charge in [0.25, 0.3) is 0 Å². The Hall–Kier alpha value is -3.21. The van der Waals surface area contributed by atoms with Crippen LogP contribution in [0.3, 0.4) is 0 Å². The van der Waals surface area contributed by atoms with Crippen molar-refractivity contribution in [3.05, 3.63) is 47.8 Å². The van der Waals surface area contributed by atoms with E-state index in [2.05, 4.69) is 23.7 Å². The molecular weight excluding hydrogens is 745 g/mol. The second kappa shape index (κ2) is 34.5. The first kappa shape index (κ1) is 51.9. The minimum Gasteiger partial charge on any atom is -0.493 e. The number of aromatic nitrogens is 1. The molecule has 0 aliphatic carbocycles. The molecule has 2 N–H and O–H groups in total. The molecule has 1 aromatic carbocycles. The number of rotatable bonds is 39. The summed E-state index contributed by atoms with van der Waals surface area (Å²) in [5.41, 5.74) is 1.08. The summed E-state index contributed by atoms with van der Waals surface area (Å²) in [5.74, 6) is -0.111. The molecule has 10 nitrogen and oxygen atoms in total. The molecular formula is C49H82N2O8. The van der Waals surface area contributed by atoms with E-state index < -0.39 is 24.1 Å². The van der Waals surface area contributed by atoms with Crippen LogP contribution in [0.5, 0.6) is 17.2 Å². The van der Waals surface area contributed by atoms with Crippen LogP contribution in [0.25, 0.3) is 0 Å². The molecule has 1 aromatic heterocycles. The second-order valence-electron chi connectivity index (χ2n) is 16.4. The van der Waals surface area contributed by atoms with Crippen molar-refractivity contribution in [1.82, 2.24) is 9.88 Å². The maximum absolute atomic E-state index is 12.9. The Morgan fingerprint density at radius 3 is 1.64 bits per heavy atom. The zero-order valence-corrected chi connectivity index (χ0v) is 37.5. The van der Waals surface area contributed by atoms with Crippen molar-refractivity contribution in [2.45, 2.75) is 180 Å². The fourth-order valence-corrected chi connectivity index (χ4v) is 7.52. The third kappa shape index (κ3) is 24.6. The average Bonchev–Trinajstić information content (AvgIpc) is 3.25. The Morgan fingerprint density at radius 2 is 1.20 bits per heavy atom. The van der Waals surface area contributed by atoms with Crippen LogP contribution in [-0.4, -0.2) is 91.6 Å². The molecule has 336 valence electrons. The molecule has 1 heterocycles. The first-order valence-electron chi connectivity index (χ1n) is 23.3. The maximum Gasteiger partial charge on any atom is 0.338 e. The van der Waals surface area contributed by atoms with Gasteiger partial charge in [0.1, 0.15) is 6.29 Å². The summed E-state index contributed by atoms with van der Waals surface area (Å²) < 4.78 is 22.8. The Labute approximate surface area is 358 Å². The lowest BCUT2D eigenvalue weighted by atomic mass is 10.0. The van der Waals surface area contributed by atoms with E-state index in [0.29, 0.717) is 38.2 Å². The molecule has 0 spiro atoms. The Balaban J connectivity index is 1.92. The zero-order valence-electron chi connectivity index (χ0n) is 37.5. The molecule has 0 bridgehead atoms. The number of methoxy groups -OCH3 is 2. The van der Waals surface area contributed by atoms with Gasteiger partial charge in [0.05, 0.1) is 45.2 Å². The Kier molecular flexibility index (Phi) is 30.4. The molecule has 0 saturated heterocycles. The van der Waals surface area contributed by atoms with Crippen molar-refractivity contribution in [2.75, 3.05) is 47.1 Å². The summed E-state index contributed by atoms with van der Waals surface area (Å²) >= 11 is 0. The molecule has 59 heavy (non-hydrogen) atoms. The first-order chi connectivity index (χ1) is 28.8. The minimum atomic E-state index is -0.527. The van der Waals surface area contributed by atoms with Gasteiger partial charge in [0.2, 0.25) is 5.75 Å². The molecule has 0 amide bonds. The van der Waals surface area contributed by atoms with Gasteiger partial charge in [-0.15, -0.1) is 0 Å². The lowest BCUT2D eigenvalue weighted by molar-refractivity contribution is -0.112. The third-order valence-corrected chi connectivity index (χ3v) is 11.2. The topological polar surface area (TPSA) is 128 Å². The van der Waals surface area contributed by atoms with Crippen LogP contribution in [0.2, 0.25) is 0 Å². The predicted molar refractivity (Wildman–Crippen MR) is 239 cm³/mol. The number of hydrogen-bond donors (Lipinski definition) is 2. The number of pyridine rings is 1. The van der Waals surface area contributed by atoms with E-state index >= 15 is 0 Å². The monoisotopic (exact) mass is 827 g/mol.